The molecule has 1 heterocycles. The van der Waals surface area contributed by atoms with Gasteiger partial charge in [0.1, 0.15) is 0 Å². The molecule has 2 aromatic carbocycles. The van der Waals surface area contributed by atoms with E-state index in [4.69, 9.17) is 0 Å². The zero-order chi connectivity index (χ0) is 11.1. The zero-order valence-electron chi connectivity index (χ0n) is 8.97. The third-order valence-corrected chi connectivity index (χ3v) is 2.94. The molecule has 0 aliphatic heterocycles. The number of aromatic nitrogens is 1. The van der Waals surface area contributed by atoms with Crippen molar-refractivity contribution in [1.29, 1.82) is 0 Å². The molecule has 0 aliphatic carbocycles. The van der Waals surface area contributed by atoms with Crippen LogP contribution in [-0.4, -0.2) is 0 Å². The van der Waals surface area contributed by atoms with E-state index in [1.807, 2.05) is 49.4 Å². The fraction of sp³-hybridized carbons (Fsp3) is 0.0714. The van der Waals surface area contributed by atoms with Crippen molar-refractivity contribution in [1.82, 2.24) is 0 Å². The average Bonchev–Trinajstić information content (AvgIpc) is 2.29. The summed E-state index contributed by atoms with van der Waals surface area (Å²) in [4.78, 5) is 0. The molecular weight excluding hydrogens is 198 g/mol. The van der Waals surface area contributed by atoms with Gasteiger partial charge < -0.3 is 5.21 Å². The minimum atomic E-state index is 0.726. The Balaban J connectivity index is 2.62. The van der Waals surface area contributed by atoms with Gasteiger partial charge in [0, 0.05) is 22.4 Å². The van der Waals surface area contributed by atoms with Crippen molar-refractivity contribution >= 4 is 21.8 Å². The van der Waals surface area contributed by atoms with Crippen LogP contribution in [0.2, 0.25) is 0 Å². The number of fused-ring (bicyclic) bond motifs is 2. The zero-order valence-corrected chi connectivity index (χ0v) is 8.97. The summed E-state index contributed by atoms with van der Waals surface area (Å²) in [5.74, 6) is 0. The van der Waals surface area contributed by atoms with E-state index in [9.17, 15) is 5.21 Å². The van der Waals surface area contributed by atoms with Crippen molar-refractivity contribution in [2.45, 2.75) is 6.92 Å². The number of hydrogen-bond acceptors (Lipinski definition) is 1. The predicted octanol–water partition coefficient (Wildman–Crippen LogP) is 2.93. The van der Waals surface area contributed by atoms with Crippen LogP contribution in [0.15, 0.2) is 48.5 Å². The minimum Gasteiger partial charge on any atom is -0.618 e. The SMILES string of the molecule is Cc1cccc2cc3ccccc3[n+]([O-])c12. The molecule has 1 aromatic heterocycles. The van der Waals surface area contributed by atoms with Gasteiger partial charge in [0.05, 0.1) is 0 Å². The largest absolute Gasteiger partial charge is 0.618 e. The number of aryl methyl sites for hydroxylation is 1. The number of nitrogens with zero attached hydrogens (tertiary/aromatic N) is 1. The summed E-state index contributed by atoms with van der Waals surface area (Å²) in [5.41, 5.74) is 2.50. The van der Waals surface area contributed by atoms with Gasteiger partial charge in [-0.1, -0.05) is 24.3 Å². The van der Waals surface area contributed by atoms with Gasteiger partial charge in [-0.3, -0.25) is 0 Å². The smallest absolute Gasteiger partial charge is 0.227 e. The van der Waals surface area contributed by atoms with Gasteiger partial charge in [-0.25, -0.2) is 0 Å². The van der Waals surface area contributed by atoms with Crippen LogP contribution in [0.3, 0.4) is 0 Å². The highest BCUT2D eigenvalue weighted by Gasteiger charge is 2.11. The molecule has 0 aliphatic rings. The van der Waals surface area contributed by atoms with Gasteiger partial charge in [-0.2, -0.15) is 4.73 Å². The maximum Gasteiger partial charge on any atom is 0.227 e. The molecule has 0 unspecified atom stereocenters. The summed E-state index contributed by atoms with van der Waals surface area (Å²) in [6.45, 7) is 1.96. The molecular formula is C14H11NO. The molecule has 0 atom stereocenters. The van der Waals surface area contributed by atoms with Crippen LogP contribution < -0.4 is 4.73 Å². The van der Waals surface area contributed by atoms with Gasteiger partial charge in [-0.15, -0.1) is 0 Å². The van der Waals surface area contributed by atoms with E-state index in [0.717, 1.165) is 32.1 Å². The second kappa shape index (κ2) is 3.20. The van der Waals surface area contributed by atoms with Crippen LogP contribution in [0.1, 0.15) is 5.56 Å². The lowest BCUT2D eigenvalue weighted by atomic mass is 10.1. The Morgan fingerprint density at radius 1 is 0.938 bits per heavy atom. The monoisotopic (exact) mass is 209 g/mol. The molecule has 78 valence electrons. The lowest BCUT2D eigenvalue weighted by molar-refractivity contribution is -0.548. The van der Waals surface area contributed by atoms with Crippen LogP contribution in [0.25, 0.3) is 21.8 Å². The second-order valence-corrected chi connectivity index (χ2v) is 4.01. The number of rotatable bonds is 0. The summed E-state index contributed by atoms with van der Waals surface area (Å²) < 4.78 is 1.03. The Bertz CT molecular complexity index is 689. The normalized spacial score (nSPS) is 11.1. The van der Waals surface area contributed by atoms with Crippen LogP contribution in [-0.2, 0) is 0 Å². The van der Waals surface area contributed by atoms with Crippen molar-refractivity contribution in [3.8, 4) is 0 Å². The van der Waals surface area contributed by atoms with E-state index in [1.54, 1.807) is 0 Å². The molecule has 3 rings (SSSR count). The van der Waals surface area contributed by atoms with Gasteiger partial charge >= 0.3 is 0 Å². The topological polar surface area (TPSA) is 26.9 Å². The number of benzene rings is 2. The van der Waals surface area contributed by atoms with Crippen molar-refractivity contribution < 1.29 is 4.73 Å². The Hall–Kier alpha value is -2.09. The van der Waals surface area contributed by atoms with Crippen LogP contribution in [0.4, 0.5) is 0 Å². The Labute approximate surface area is 93.3 Å². The van der Waals surface area contributed by atoms with E-state index in [1.165, 1.54) is 0 Å². The lowest BCUT2D eigenvalue weighted by Crippen LogP contribution is -2.28. The summed E-state index contributed by atoms with van der Waals surface area (Å²) >= 11 is 0. The molecule has 0 fully saturated rings. The highest BCUT2D eigenvalue weighted by molar-refractivity contribution is 5.89. The van der Waals surface area contributed by atoms with Gasteiger partial charge in [0.25, 0.3) is 0 Å². The lowest BCUT2D eigenvalue weighted by Gasteiger charge is -2.07. The molecule has 0 amide bonds. The highest BCUT2D eigenvalue weighted by Crippen LogP contribution is 2.19. The average molecular weight is 209 g/mol. The molecule has 0 saturated carbocycles. The summed E-state index contributed by atoms with van der Waals surface area (Å²) in [7, 11) is 0. The molecule has 0 spiro atoms. The molecule has 0 N–H and O–H groups in total. The first-order chi connectivity index (χ1) is 7.77. The summed E-state index contributed by atoms with van der Waals surface area (Å²) in [6, 6.07) is 15.6. The van der Waals surface area contributed by atoms with Crippen LogP contribution in [0.5, 0.6) is 0 Å². The quantitative estimate of drug-likeness (QED) is 0.317. The second-order valence-electron chi connectivity index (χ2n) is 4.01. The van der Waals surface area contributed by atoms with Crippen molar-refractivity contribution in [3.63, 3.8) is 0 Å². The first-order valence-corrected chi connectivity index (χ1v) is 5.28. The standard InChI is InChI=1S/C14H11NO/c1-10-5-4-7-12-9-11-6-2-3-8-13(11)15(16)14(10)12/h2-9H,1H3. The van der Waals surface area contributed by atoms with E-state index in [-0.39, 0.29) is 0 Å². The number of para-hydroxylation sites is 2. The molecule has 16 heavy (non-hydrogen) atoms. The third-order valence-electron chi connectivity index (χ3n) is 2.94. The molecule has 2 nitrogen and oxygen atoms in total. The maximum atomic E-state index is 12.2. The molecule has 0 bridgehead atoms. The number of hydrogen-bond donors (Lipinski definition) is 0. The van der Waals surface area contributed by atoms with Gasteiger partial charge in [0.15, 0.2) is 0 Å². The summed E-state index contributed by atoms with van der Waals surface area (Å²) in [5, 5.41) is 14.2. The third kappa shape index (κ3) is 1.16. The highest BCUT2D eigenvalue weighted by atomic mass is 16.5. The predicted molar refractivity (Wildman–Crippen MR) is 65.2 cm³/mol. The summed E-state index contributed by atoms with van der Waals surface area (Å²) in [6.07, 6.45) is 0. The van der Waals surface area contributed by atoms with Gasteiger partial charge in [0.2, 0.25) is 11.0 Å². The van der Waals surface area contributed by atoms with E-state index in [2.05, 4.69) is 6.07 Å². The maximum absolute atomic E-state index is 12.2. The first-order valence-electron chi connectivity index (χ1n) is 5.28. The molecule has 0 radical (unpaired) electrons. The Morgan fingerprint density at radius 3 is 2.56 bits per heavy atom. The molecule has 2 heteroatoms. The fourth-order valence-electron chi connectivity index (χ4n) is 2.16. The van der Waals surface area contributed by atoms with Crippen LogP contribution >= 0.6 is 0 Å². The Kier molecular flexibility index (Phi) is 1.83. The van der Waals surface area contributed by atoms with Crippen molar-refractivity contribution in [2.75, 3.05) is 0 Å². The molecule has 0 saturated heterocycles. The van der Waals surface area contributed by atoms with Crippen molar-refractivity contribution in [2.24, 2.45) is 0 Å². The van der Waals surface area contributed by atoms with Gasteiger partial charge in [-0.05, 0) is 25.1 Å². The molecule has 3 aromatic rings. The van der Waals surface area contributed by atoms with E-state index >= 15 is 0 Å². The fourth-order valence-corrected chi connectivity index (χ4v) is 2.16. The Morgan fingerprint density at radius 2 is 1.69 bits per heavy atom. The van der Waals surface area contributed by atoms with Crippen molar-refractivity contribution in [3.05, 3.63) is 59.3 Å². The minimum absolute atomic E-state index is 0.726. The van der Waals surface area contributed by atoms with E-state index in [0.29, 0.717) is 0 Å². The first kappa shape index (κ1) is 9.16. The van der Waals surface area contributed by atoms with Crippen LogP contribution in [0, 0.1) is 12.1 Å². The van der Waals surface area contributed by atoms with E-state index < -0.39 is 0 Å². The number of pyridine rings is 1.